The van der Waals surface area contributed by atoms with Crippen molar-refractivity contribution >= 4 is 0 Å². The van der Waals surface area contributed by atoms with Crippen molar-refractivity contribution in [1.29, 1.82) is 5.26 Å². The van der Waals surface area contributed by atoms with Crippen LogP contribution in [0.1, 0.15) is 37.5 Å². The van der Waals surface area contributed by atoms with E-state index in [-0.39, 0.29) is 5.41 Å². The molecule has 0 heterocycles. The van der Waals surface area contributed by atoms with Crippen LogP contribution in [0.25, 0.3) is 0 Å². The van der Waals surface area contributed by atoms with Gasteiger partial charge in [-0.3, -0.25) is 0 Å². The highest BCUT2D eigenvalue weighted by Gasteiger charge is 2.19. The van der Waals surface area contributed by atoms with Crippen LogP contribution in [-0.4, -0.2) is 20.3 Å². The van der Waals surface area contributed by atoms with E-state index in [1.165, 1.54) is 5.56 Å². The molecule has 4 heteroatoms. The van der Waals surface area contributed by atoms with Crippen LogP contribution in [0.4, 0.5) is 0 Å². The highest BCUT2D eigenvalue weighted by molar-refractivity contribution is 5.46. The van der Waals surface area contributed by atoms with E-state index in [1.54, 1.807) is 25.3 Å². The van der Waals surface area contributed by atoms with E-state index < -0.39 is 0 Å². The van der Waals surface area contributed by atoms with E-state index in [9.17, 15) is 0 Å². The highest BCUT2D eigenvalue weighted by Crippen LogP contribution is 2.32. The fraction of sp³-hybridized carbons (Fsp3) is 0.381. The zero-order valence-electron chi connectivity index (χ0n) is 15.6. The third-order valence-electron chi connectivity index (χ3n) is 3.84. The lowest BCUT2D eigenvalue weighted by molar-refractivity contribution is 0.208. The molecular formula is C21H25NO3. The molecule has 2 aromatic carbocycles. The summed E-state index contributed by atoms with van der Waals surface area (Å²) in [4.78, 5) is 0. The summed E-state index contributed by atoms with van der Waals surface area (Å²) in [6.07, 6.45) is 0. The summed E-state index contributed by atoms with van der Waals surface area (Å²) in [6, 6.07) is 13.5. The molecule has 0 amide bonds. The predicted octanol–water partition coefficient (Wildman–Crippen LogP) is 4.63. The van der Waals surface area contributed by atoms with E-state index in [2.05, 4.69) is 45.0 Å². The Morgan fingerprint density at radius 1 is 0.920 bits per heavy atom. The van der Waals surface area contributed by atoms with Gasteiger partial charge in [-0.1, -0.05) is 32.9 Å². The average Bonchev–Trinajstić information content (AvgIpc) is 2.57. The third-order valence-corrected chi connectivity index (χ3v) is 3.84. The van der Waals surface area contributed by atoms with Gasteiger partial charge in [0.15, 0.2) is 11.5 Å². The van der Waals surface area contributed by atoms with Gasteiger partial charge in [-0.2, -0.15) is 5.26 Å². The van der Waals surface area contributed by atoms with Crippen LogP contribution >= 0.6 is 0 Å². The Morgan fingerprint density at radius 3 is 2.20 bits per heavy atom. The summed E-state index contributed by atoms with van der Waals surface area (Å²) in [5.74, 6) is 2.03. The first kappa shape index (κ1) is 18.7. The first-order valence-electron chi connectivity index (χ1n) is 8.30. The van der Waals surface area contributed by atoms with Gasteiger partial charge in [0.2, 0.25) is 0 Å². The third kappa shape index (κ3) is 4.90. The Hall–Kier alpha value is -2.67. The van der Waals surface area contributed by atoms with Crippen molar-refractivity contribution < 1.29 is 14.2 Å². The number of hydrogen-bond acceptors (Lipinski definition) is 4. The summed E-state index contributed by atoms with van der Waals surface area (Å²) in [5.41, 5.74) is 2.87. The molecule has 4 nitrogen and oxygen atoms in total. The summed E-state index contributed by atoms with van der Waals surface area (Å²) in [7, 11) is 1.58. The molecule has 0 aliphatic heterocycles. The number of methoxy groups -OCH3 is 1. The Balaban J connectivity index is 2.03. The second kappa shape index (κ2) is 7.94. The number of nitrogens with zero attached hydrogens (tertiary/aromatic N) is 1. The molecule has 2 rings (SSSR count). The number of ether oxygens (including phenoxy) is 3. The molecule has 0 unspecified atom stereocenters. The van der Waals surface area contributed by atoms with Gasteiger partial charge >= 0.3 is 0 Å². The lowest BCUT2D eigenvalue weighted by Gasteiger charge is -2.23. The average molecular weight is 339 g/mol. The molecule has 0 saturated heterocycles. The highest BCUT2D eigenvalue weighted by atomic mass is 16.5. The molecule has 0 fully saturated rings. The number of nitriles is 1. The Morgan fingerprint density at radius 2 is 1.60 bits per heavy atom. The van der Waals surface area contributed by atoms with E-state index in [1.807, 2.05) is 6.92 Å². The first-order valence-corrected chi connectivity index (χ1v) is 8.30. The van der Waals surface area contributed by atoms with E-state index in [0.29, 0.717) is 30.3 Å². The van der Waals surface area contributed by atoms with Crippen LogP contribution in [0.2, 0.25) is 0 Å². The maximum Gasteiger partial charge on any atom is 0.162 e. The van der Waals surface area contributed by atoms with Gasteiger partial charge < -0.3 is 14.2 Å². The molecule has 0 spiro atoms. The molecule has 0 aliphatic carbocycles. The van der Waals surface area contributed by atoms with Gasteiger partial charge in [-0.25, -0.2) is 0 Å². The van der Waals surface area contributed by atoms with Gasteiger partial charge in [0, 0.05) is 6.07 Å². The molecule has 0 aromatic heterocycles. The monoisotopic (exact) mass is 339 g/mol. The van der Waals surface area contributed by atoms with Gasteiger partial charge in [-0.15, -0.1) is 0 Å². The van der Waals surface area contributed by atoms with Gasteiger partial charge in [0.05, 0.1) is 18.7 Å². The molecule has 0 saturated carbocycles. The minimum atomic E-state index is 0.00817. The summed E-state index contributed by atoms with van der Waals surface area (Å²) in [6.45, 7) is 9.32. The molecule has 0 radical (unpaired) electrons. The fourth-order valence-electron chi connectivity index (χ4n) is 2.53. The summed E-state index contributed by atoms with van der Waals surface area (Å²) in [5, 5.41) is 9.01. The zero-order chi connectivity index (χ0) is 18.4. The SMILES string of the molecule is COc1ccc(C#N)cc1OCCOc1cc(C)ccc1C(C)(C)C. The number of rotatable bonds is 6. The molecular weight excluding hydrogens is 314 g/mol. The quantitative estimate of drug-likeness (QED) is 0.720. The Labute approximate surface area is 150 Å². The topological polar surface area (TPSA) is 51.5 Å². The Bertz CT molecular complexity index is 770. The number of benzene rings is 2. The minimum absolute atomic E-state index is 0.00817. The number of aryl methyl sites for hydroxylation is 1. The lowest BCUT2D eigenvalue weighted by atomic mass is 9.86. The molecule has 2 aromatic rings. The molecule has 25 heavy (non-hydrogen) atoms. The van der Waals surface area contributed by atoms with Crippen LogP contribution in [0.3, 0.4) is 0 Å². The molecule has 0 N–H and O–H groups in total. The predicted molar refractivity (Wildman–Crippen MR) is 98.6 cm³/mol. The molecule has 0 atom stereocenters. The van der Waals surface area contributed by atoms with E-state index in [0.717, 1.165) is 11.3 Å². The largest absolute Gasteiger partial charge is 0.493 e. The van der Waals surface area contributed by atoms with Crippen molar-refractivity contribution in [2.45, 2.75) is 33.1 Å². The van der Waals surface area contributed by atoms with Crippen LogP contribution in [0, 0.1) is 18.3 Å². The van der Waals surface area contributed by atoms with Crippen LogP contribution in [-0.2, 0) is 5.41 Å². The standard InChI is InChI=1S/C21H25NO3/c1-15-6-8-17(21(2,3)4)19(12-15)24-10-11-25-20-13-16(14-22)7-9-18(20)23-5/h6-9,12-13H,10-11H2,1-5H3. The molecule has 132 valence electrons. The second-order valence-electron chi connectivity index (χ2n) is 6.92. The van der Waals surface area contributed by atoms with Gasteiger partial charge in [0.25, 0.3) is 0 Å². The van der Waals surface area contributed by atoms with Crippen LogP contribution in [0.5, 0.6) is 17.2 Å². The van der Waals surface area contributed by atoms with E-state index >= 15 is 0 Å². The lowest BCUT2D eigenvalue weighted by Crippen LogP contribution is -2.16. The van der Waals surface area contributed by atoms with Crippen molar-refractivity contribution in [3.05, 3.63) is 53.1 Å². The van der Waals surface area contributed by atoms with Gasteiger partial charge in [-0.05, 0) is 41.7 Å². The number of hydrogen-bond donors (Lipinski definition) is 0. The summed E-state index contributed by atoms with van der Waals surface area (Å²) >= 11 is 0. The second-order valence-corrected chi connectivity index (χ2v) is 6.92. The van der Waals surface area contributed by atoms with Crippen LogP contribution in [0.15, 0.2) is 36.4 Å². The van der Waals surface area contributed by atoms with Crippen molar-refractivity contribution in [3.63, 3.8) is 0 Å². The first-order chi connectivity index (χ1) is 11.8. The normalized spacial score (nSPS) is 10.9. The van der Waals surface area contributed by atoms with Crippen molar-refractivity contribution in [1.82, 2.24) is 0 Å². The fourth-order valence-corrected chi connectivity index (χ4v) is 2.53. The zero-order valence-corrected chi connectivity index (χ0v) is 15.6. The van der Waals surface area contributed by atoms with Crippen molar-refractivity contribution in [3.8, 4) is 23.3 Å². The van der Waals surface area contributed by atoms with Gasteiger partial charge in [0.1, 0.15) is 19.0 Å². The minimum Gasteiger partial charge on any atom is -0.493 e. The smallest absolute Gasteiger partial charge is 0.162 e. The van der Waals surface area contributed by atoms with Crippen LogP contribution < -0.4 is 14.2 Å². The van der Waals surface area contributed by atoms with Crippen molar-refractivity contribution in [2.75, 3.05) is 20.3 Å². The summed E-state index contributed by atoms with van der Waals surface area (Å²) < 4.78 is 17.0. The van der Waals surface area contributed by atoms with Crippen molar-refractivity contribution in [2.24, 2.45) is 0 Å². The Kier molecular flexibility index (Phi) is 5.93. The molecule has 0 bridgehead atoms. The maximum atomic E-state index is 9.01. The maximum absolute atomic E-state index is 9.01. The molecule has 0 aliphatic rings. The van der Waals surface area contributed by atoms with E-state index in [4.69, 9.17) is 19.5 Å².